The number of halogens is 1. The number of rotatable bonds is 5. The molecule has 0 amide bonds. The zero-order valence-electron chi connectivity index (χ0n) is 13.5. The van der Waals surface area contributed by atoms with Gasteiger partial charge in [0.25, 0.3) is 0 Å². The van der Waals surface area contributed by atoms with Crippen molar-refractivity contribution in [3.63, 3.8) is 0 Å². The number of fused-ring (bicyclic) bond motifs is 3. The first kappa shape index (κ1) is 15.9. The minimum absolute atomic E-state index is 0.319. The number of ether oxygens (including phenoxy) is 1. The van der Waals surface area contributed by atoms with Gasteiger partial charge in [0.2, 0.25) is 5.95 Å². The summed E-state index contributed by atoms with van der Waals surface area (Å²) >= 11 is 1.55. The Bertz CT molecular complexity index is 863. The van der Waals surface area contributed by atoms with Gasteiger partial charge in [0.15, 0.2) is 16.8 Å². The number of nitrogens with zero attached hydrogens (tertiary/aromatic N) is 5. The van der Waals surface area contributed by atoms with Crippen molar-refractivity contribution in [3.05, 3.63) is 29.3 Å². The molecule has 2 N–H and O–H groups in total. The molecule has 0 saturated carbocycles. The molecule has 0 aromatic carbocycles. The second-order valence-corrected chi connectivity index (χ2v) is 6.58. The Balaban J connectivity index is 1.62. The standard InChI is InChI=1S/C15H16FN7OS/c1-24-5-4-23-3-2-11-12(10-8-19-22-13(10)23)20-15(25-11)21-14-17-6-9(16)7-18-14/h6-8H,2-5H2,1H3,(H,19,22)(H,17,18,20,21). The molecule has 0 atom stereocenters. The molecule has 0 radical (unpaired) electrons. The highest BCUT2D eigenvalue weighted by molar-refractivity contribution is 7.16. The molecule has 0 spiro atoms. The van der Waals surface area contributed by atoms with Crippen LogP contribution < -0.4 is 10.2 Å². The highest BCUT2D eigenvalue weighted by atomic mass is 32.1. The van der Waals surface area contributed by atoms with Crippen LogP contribution in [-0.4, -0.2) is 52.0 Å². The zero-order valence-corrected chi connectivity index (χ0v) is 14.3. The summed E-state index contributed by atoms with van der Waals surface area (Å²) in [6.45, 7) is 2.25. The van der Waals surface area contributed by atoms with Gasteiger partial charge in [0.05, 0.1) is 30.3 Å². The van der Waals surface area contributed by atoms with Crippen LogP contribution in [0.5, 0.6) is 0 Å². The van der Waals surface area contributed by atoms with Gasteiger partial charge in [-0.05, 0) is 0 Å². The van der Waals surface area contributed by atoms with E-state index in [9.17, 15) is 4.39 Å². The van der Waals surface area contributed by atoms with Crippen LogP contribution in [0.3, 0.4) is 0 Å². The fourth-order valence-electron chi connectivity index (χ4n) is 2.72. The van der Waals surface area contributed by atoms with Gasteiger partial charge in [0.1, 0.15) is 0 Å². The van der Waals surface area contributed by atoms with Gasteiger partial charge in [-0.15, -0.1) is 11.3 Å². The molecule has 0 unspecified atom stereocenters. The molecule has 25 heavy (non-hydrogen) atoms. The Kier molecular flexibility index (Phi) is 4.28. The van der Waals surface area contributed by atoms with E-state index in [4.69, 9.17) is 4.74 Å². The topological polar surface area (TPSA) is 91.9 Å². The van der Waals surface area contributed by atoms with Crippen LogP contribution in [0.4, 0.5) is 21.3 Å². The van der Waals surface area contributed by atoms with Crippen molar-refractivity contribution in [1.82, 2.24) is 25.1 Å². The predicted octanol–water partition coefficient (Wildman–Crippen LogP) is 2.21. The number of nitrogens with one attached hydrogen (secondary N) is 2. The van der Waals surface area contributed by atoms with Crippen LogP contribution in [0.1, 0.15) is 4.88 Å². The van der Waals surface area contributed by atoms with Crippen LogP contribution in [0.2, 0.25) is 0 Å². The van der Waals surface area contributed by atoms with E-state index in [0.717, 1.165) is 53.9 Å². The van der Waals surface area contributed by atoms with Crippen LogP contribution in [0.15, 0.2) is 18.6 Å². The summed E-state index contributed by atoms with van der Waals surface area (Å²) < 4.78 is 18.1. The Morgan fingerprint density at radius 2 is 2.24 bits per heavy atom. The third-order valence-electron chi connectivity index (χ3n) is 3.89. The highest BCUT2D eigenvalue weighted by Gasteiger charge is 2.25. The van der Waals surface area contributed by atoms with E-state index in [1.54, 1.807) is 18.4 Å². The summed E-state index contributed by atoms with van der Waals surface area (Å²) in [4.78, 5) is 15.8. The molecule has 1 aliphatic heterocycles. The fourth-order valence-corrected chi connectivity index (χ4v) is 3.68. The summed E-state index contributed by atoms with van der Waals surface area (Å²) in [7, 11) is 1.69. The molecule has 3 aromatic heterocycles. The maximum atomic E-state index is 12.9. The lowest BCUT2D eigenvalue weighted by Crippen LogP contribution is -2.29. The van der Waals surface area contributed by atoms with Gasteiger partial charge in [-0.2, -0.15) is 5.10 Å². The molecular formula is C15H16FN7OS. The van der Waals surface area contributed by atoms with Crippen molar-refractivity contribution in [2.45, 2.75) is 6.42 Å². The SMILES string of the molecule is COCCN1CCc2sc(Nc3ncc(F)cn3)nc2-c2c[nH]nc21. The molecule has 4 rings (SSSR count). The molecule has 8 nitrogen and oxygen atoms in total. The molecule has 0 fully saturated rings. The zero-order chi connectivity index (χ0) is 17.2. The van der Waals surface area contributed by atoms with E-state index in [1.807, 2.05) is 6.20 Å². The molecule has 3 aromatic rings. The number of thiazole rings is 1. The quantitative estimate of drug-likeness (QED) is 0.720. The first-order valence-corrected chi connectivity index (χ1v) is 8.58. The third kappa shape index (κ3) is 3.17. The number of hydrogen-bond acceptors (Lipinski definition) is 8. The summed E-state index contributed by atoms with van der Waals surface area (Å²) in [5.41, 5.74) is 1.87. The second kappa shape index (κ2) is 6.73. The maximum Gasteiger partial charge on any atom is 0.229 e. The van der Waals surface area contributed by atoms with Crippen molar-refractivity contribution in [2.24, 2.45) is 0 Å². The molecule has 0 bridgehead atoms. The van der Waals surface area contributed by atoms with E-state index in [1.165, 1.54) is 0 Å². The fraction of sp³-hybridized carbons (Fsp3) is 0.333. The number of aromatic amines is 1. The van der Waals surface area contributed by atoms with E-state index in [0.29, 0.717) is 17.7 Å². The molecular weight excluding hydrogens is 345 g/mol. The Morgan fingerprint density at radius 3 is 3.04 bits per heavy atom. The number of H-pyrrole nitrogens is 1. The number of methoxy groups -OCH3 is 1. The summed E-state index contributed by atoms with van der Waals surface area (Å²) in [6, 6.07) is 0. The van der Waals surface area contributed by atoms with E-state index in [-0.39, 0.29) is 0 Å². The average Bonchev–Trinajstić information content (AvgIpc) is 3.21. The largest absolute Gasteiger partial charge is 0.383 e. The Hall–Kier alpha value is -2.59. The van der Waals surface area contributed by atoms with Crippen LogP contribution >= 0.6 is 11.3 Å². The number of anilines is 3. The molecule has 4 heterocycles. The van der Waals surface area contributed by atoms with Gasteiger partial charge >= 0.3 is 0 Å². The van der Waals surface area contributed by atoms with Gasteiger partial charge in [-0.1, -0.05) is 0 Å². The van der Waals surface area contributed by atoms with Crippen molar-refractivity contribution in [1.29, 1.82) is 0 Å². The Morgan fingerprint density at radius 1 is 1.40 bits per heavy atom. The molecule has 1 aliphatic rings. The molecule has 130 valence electrons. The van der Waals surface area contributed by atoms with Crippen molar-refractivity contribution < 1.29 is 9.13 Å². The van der Waals surface area contributed by atoms with Gasteiger partial charge in [0, 0.05) is 37.7 Å². The monoisotopic (exact) mass is 361 g/mol. The smallest absolute Gasteiger partial charge is 0.229 e. The summed E-state index contributed by atoms with van der Waals surface area (Å²) in [5, 5.41) is 11.0. The van der Waals surface area contributed by atoms with Gasteiger partial charge < -0.3 is 15.0 Å². The molecule has 0 saturated heterocycles. The van der Waals surface area contributed by atoms with E-state index in [2.05, 4.69) is 35.4 Å². The van der Waals surface area contributed by atoms with Crippen molar-refractivity contribution in [3.8, 4) is 11.3 Å². The molecule has 0 aliphatic carbocycles. The predicted molar refractivity (Wildman–Crippen MR) is 92.8 cm³/mol. The normalized spacial score (nSPS) is 13.3. The van der Waals surface area contributed by atoms with Gasteiger partial charge in [-0.3, -0.25) is 5.10 Å². The minimum atomic E-state index is -0.473. The summed E-state index contributed by atoms with van der Waals surface area (Å²) in [5.74, 6) is 0.727. The lowest BCUT2D eigenvalue weighted by molar-refractivity contribution is 0.205. The van der Waals surface area contributed by atoms with Crippen LogP contribution in [-0.2, 0) is 11.2 Å². The summed E-state index contributed by atoms with van der Waals surface area (Å²) in [6.07, 6.45) is 4.96. The van der Waals surface area contributed by atoms with Crippen LogP contribution in [0, 0.1) is 5.82 Å². The second-order valence-electron chi connectivity index (χ2n) is 5.49. The first-order chi connectivity index (χ1) is 12.2. The number of hydrogen-bond donors (Lipinski definition) is 2. The van der Waals surface area contributed by atoms with Crippen molar-refractivity contribution in [2.75, 3.05) is 37.0 Å². The first-order valence-electron chi connectivity index (χ1n) is 7.77. The minimum Gasteiger partial charge on any atom is -0.383 e. The Labute approximate surface area is 147 Å². The number of aromatic nitrogens is 5. The van der Waals surface area contributed by atoms with Crippen LogP contribution in [0.25, 0.3) is 11.3 Å². The van der Waals surface area contributed by atoms with E-state index < -0.39 is 5.82 Å². The van der Waals surface area contributed by atoms with Crippen molar-refractivity contribution >= 4 is 28.2 Å². The van der Waals surface area contributed by atoms with Gasteiger partial charge in [-0.25, -0.2) is 19.3 Å². The third-order valence-corrected chi connectivity index (χ3v) is 4.92. The lowest BCUT2D eigenvalue weighted by Gasteiger charge is -2.20. The molecule has 10 heteroatoms. The average molecular weight is 361 g/mol. The highest BCUT2D eigenvalue weighted by Crippen LogP contribution is 2.38. The maximum absolute atomic E-state index is 12.9. The van der Waals surface area contributed by atoms with E-state index >= 15 is 0 Å². The lowest BCUT2D eigenvalue weighted by atomic mass is 10.2.